The van der Waals surface area contributed by atoms with Gasteiger partial charge in [-0.3, -0.25) is 4.79 Å². The van der Waals surface area contributed by atoms with Gasteiger partial charge in [0.05, 0.1) is 0 Å². The van der Waals surface area contributed by atoms with Gasteiger partial charge in [0.25, 0.3) is 0 Å². The molecule has 1 rings (SSSR count). The summed E-state index contributed by atoms with van der Waals surface area (Å²) in [6.07, 6.45) is 1.06. The van der Waals surface area contributed by atoms with Crippen molar-refractivity contribution in [2.75, 3.05) is 13.1 Å². The molecule has 0 aromatic carbocycles. The van der Waals surface area contributed by atoms with Crippen molar-refractivity contribution in [3.63, 3.8) is 0 Å². The van der Waals surface area contributed by atoms with Crippen LogP contribution in [0.4, 0.5) is 0 Å². The van der Waals surface area contributed by atoms with Crippen molar-refractivity contribution in [3.8, 4) is 0 Å². The quantitative estimate of drug-likeness (QED) is 0.530. The Morgan fingerprint density at radius 1 is 1.42 bits per heavy atom. The number of carboxylic acid groups (broad SMARTS) is 1. The van der Waals surface area contributed by atoms with E-state index in [0.29, 0.717) is 25.9 Å². The first-order chi connectivity index (χ1) is 5.65. The summed E-state index contributed by atoms with van der Waals surface area (Å²) in [5, 5.41) is 11.7. The van der Waals surface area contributed by atoms with Gasteiger partial charge in [-0.1, -0.05) is 13.8 Å². The summed E-state index contributed by atoms with van der Waals surface area (Å²) < 4.78 is 0. The lowest BCUT2D eigenvalue weighted by atomic mass is 9.90. The molecule has 0 unspecified atom stereocenters. The number of nitrogens with one attached hydrogen (secondary N) is 1. The molecule has 12 heavy (non-hydrogen) atoms. The lowest BCUT2D eigenvalue weighted by Crippen LogP contribution is -2.54. The van der Waals surface area contributed by atoms with Crippen LogP contribution in [0.5, 0.6) is 0 Å². The van der Waals surface area contributed by atoms with Crippen molar-refractivity contribution in [3.05, 3.63) is 0 Å². The van der Waals surface area contributed by atoms with E-state index in [9.17, 15) is 4.79 Å². The van der Waals surface area contributed by atoms with Crippen molar-refractivity contribution in [1.82, 2.24) is 5.32 Å². The van der Waals surface area contributed by atoms with Crippen molar-refractivity contribution in [1.29, 1.82) is 0 Å². The molecule has 0 aromatic heterocycles. The molecule has 0 spiro atoms. The average molecular weight is 174 g/mol. The van der Waals surface area contributed by atoms with Crippen LogP contribution in [-0.2, 0) is 4.79 Å². The van der Waals surface area contributed by atoms with Crippen molar-refractivity contribution >= 4 is 5.97 Å². The summed E-state index contributed by atoms with van der Waals surface area (Å²) in [6, 6.07) is 0. The van der Waals surface area contributed by atoms with Gasteiger partial charge in [0.2, 0.25) is 0 Å². The highest BCUT2D eigenvalue weighted by Gasteiger charge is 2.34. The average Bonchev–Trinajstić information content (AvgIpc) is 2.09. The number of carbonyl (C=O) groups is 1. The predicted molar refractivity (Wildman–Crippen MR) is 48.0 cm³/mol. The number of rotatable bonds is 1. The van der Waals surface area contributed by atoms with E-state index in [2.05, 4.69) is 5.32 Å². The van der Waals surface area contributed by atoms with Crippen LogP contribution >= 0.6 is 0 Å². The molecule has 4 N–H and O–H groups in total. The van der Waals surface area contributed by atoms with Gasteiger partial charge in [-0.25, -0.2) is 0 Å². The van der Waals surface area contributed by atoms with E-state index < -0.39 is 11.5 Å². The SMILES string of the molecule is CC.NC1(C(=O)O)CCNCC1. The zero-order valence-electron chi connectivity index (χ0n) is 7.76. The highest BCUT2D eigenvalue weighted by atomic mass is 16.4. The van der Waals surface area contributed by atoms with E-state index in [-0.39, 0.29) is 0 Å². The monoisotopic (exact) mass is 174 g/mol. The van der Waals surface area contributed by atoms with Crippen molar-refractivity contribution < 1.29 is 9.90 Å². The van der Waals surface area contributed by atoms with E-state index in [1.807, 2.05) is 13.8 Å². The molecule has 0 bridgehead atoms. The maximum atomic E-state index is 10.5. The van der Waals surface area contributed by atoms with Gasteiger partial charge in [-0.2, -0.15) is 0 Å². The molecule has 1 fully saturated rings. The molecule has 1 saturated heterocycles. The predicted octanol–water partition coefficient (Wildman–Crippen LogP) is 0.178. The smallest absolute Gasteiger partial charge is 0.323 e. The first-order valence-corrected chi connectivity index (χ1v) is 4.38. The van der Waals surface area contributed by atoms with Gasteiger partial charge in [-0.15, -0.1) is 0 Å². The lowest BCUT2D eigenvalue weighted by molar-refractivity contribution is -0.144. The Morgan fingerprint density at radius 2 is 1.83 bits per heavy atom. The van der Waals surface area contributed by atoms with Gasteiger partial charge in [0, 0.05) is 0 Å². The molecule has 4 nitrogen and oxygen atoms in total. The zero-order valence-corrected chi connectivity index (χ0v) is 7.76. The van der Waals surface area contributed by atoms with E-state index in [1.165, 1.54) is 0 Å². The summed E-state index contributed by atoms with van der Waals surface area (Å²) in [7, 11) is 0. The summed E-state index contributed by atoms with van der Waals surface area (Å²) in [5.74, 6) is -0.881. The topological polar surface area (TPSA) is 75.4 Å². The Morgan fingerprint density at radius 3 is 2.08 bits per heavy atom. The molecule has 72 valence electrons. The second kappa shape index (κ2) is 5.11. The van der Waals surface area contributed by atoms with Gasteiger partial charge < -0.3 is 16.2 Å². The van der Waals surface area contributed by atoms with Crippen LogP contribution in [0.1, 0.15) is 26.7 Å². The number of piperidine rings is 1. The van der Waals surface area contributed by atoms with Gasteiger partial charge >= 0.3 is 5.97 Å². The largest absolute Gasteiger partial charge is 0.480 e. The van der Waals surface area contributed by atoms with Crippen LogP contribution in [0, 0.1) is 0 Å². The highest BCUT2D eigenvalue weighted by molar-refractivity contribution is 5.78. The molecular weight excluding hydrogens is 156 g/mol. The molecule has 0 atom stereocenters. The summed E-state index contributed by atoms with van der Waals surface area (Å²) >= 11 is 0. The number of hydrogen-bond donors (Lipinski definition) is 3. The van der Waals surface area contributed by atoms with Crippen LogP contribution in [0.25, 0.3) is 0 Å². The van der Waals surface area contributed by atoms with Crippen LogP contribution in [-0.4, -0.2) is 29.7 Å². The highest BCUT2D eigenvalue weighted by Crippen LogP contribution is 2.14. The molecule has 1 heterocycles. The Kier molecular flexibility index (Phi) is 4.85. The lowest BCUT2D eigenvalue weighted by Gasteiger charge is -2.29. The molecule has 0 radical (unpaired) electrons. The first-order valence-electron chi connectivity index (χ1n) is 4.38. The molecule has 4 heteroatoms. The Hall–Kier alpha value is -0.610. The van der Waals surface area contributed by atoms with Gasteiger partial charge in [0.1, 0.15) is 5.54 Å². The maximum Gasteiger partial charge on any atom is 0.323 e. The molecule has 0 amide bonds. The third kappa shape index (κ3) is 2.79. The molecule has 1 aliphatic rings. The fourth-order valence-electron chi connectivity index (χ4n) is 1.09. The number of hydrogen-bond acceptors (Lipinski definition) is 3. The second-order valence-corrected chi connectivity index (χ2v) is 2.71. The van der Waals surface area contributed by atoms with Crippen molar-refractivity contribution in [2.45, 2.75) is 32.2 Å². The molecule has 1 aliphatic heterocycles. The van der Waals surface area contributed by atoms with Gasteiger partial charge in [0.15, 0.2) is 0 Å². The minimum Gasteiger partial charge on any atom is -0.480 e. The van der Waals surface area contributed by atoms with Crippen LogP contribution < -0.4 is 11.1 Å². The number of nitrogens with two attached hydrogens (primary N) is 1. The number of carboxylic acids is 1. The second-order valence-electron chi connectivity index (χ2n) is 2.71. The maximum absolute atomic E-state index is 10.5. The van der Waals surface area contributed by atoms with E-state index >= 15 is 0 Å². The van der Waals surface area contributed by atoms with Crippen LogP contribution in [0.15, 0.2) is 0 Å². The third-order valence-corrected chi connectivity index (χ3v) is 1.92. The normalized spacial score (nSPS) is 20.6. The standard InChI is InChI=1S/C6H12N2O2.C2H6/c7-6(5(9)10)1-3-8-4-2-6;1-2/h8H,1-4,7H2,(H,9,10);1-2H3. The fourth-order valence-corrected chi connectivity index (χ4v) is 1.09. The van der Waals surface area contributed by atoms with E-state index in [1.54, 1.807) is 0 Å². The minimum atomic E-state index is -0.967. The first kappa shape index (κ1) is 11.4. The van der Waals surface area contributed by atoms with Crippen LogP contribution in [0.2, 0.25) is 0 Å². The summed E-state index contributed by atoms with van der Waals surface area (Å²) in [5.41, 5.74) is 4.60. The molecule has 0 aromatic rings. The molecular formula is C8H18N2O2. The van der Waals surface area contributed by atoms with E-state index in [0.717, 1.165) is 0 Å². The Labute approximate surface area is 73.1 Å². The summed E-state index contributed by atoms with van der Waals surface area (Å²) in [6.45, 7) is 5.42. The molecule has 0 aliphatic carbocycles. The van der Waals surface area contributed by atoms with Gasteiger partial charge in [-0.05, 0) is 25.9 Å². The molecule has 0 saturated carbocycles. The third-order valence-electron chi connectivity index (χ3n) is 1.92. The minimum absolute atomic E-state index is 0.530. The van der Waals surface area contributed by atoms with E-state index in [4.69, 9.17) is 10.8 Å². The van der Waals surface area contributed by atoms with Crippen molar-refractivity contribution in [2.24, 2.45) is 5.73 Å². The Bertz CT molecular complexity index is 142. The summed E-state index contributed by atoms with van der Waals surface area (Å²) in [4.78, 5) is 10.5. The Balaban J connectivity index is 0.000000561. The fraction of sp³-hybridized carbons (Fsp3) is 0.875. The number of aliphatic carboxylic acids is 1. The zero-order chi connectivity index (χ0) is 9.61. The van der Waals surface area contributed by atoms with Crippen LogP contribution in [0.3, 0.4) is 0 Å².